The summed E-state index contributed by atoms with van der Waals surface area (Å²) in [5.74, 6) is -0.769. The van der Waals surface area contributed by atoms with Crippen LogP contribution in [0.25, 0.3) is 5.31 Å². The summed E-state index contributed by atoms with van der Waals surface area (Å²) in [6, 6.07) is 57.6. The smallest absolute Gasteiger partial charge is 0.276 e. The lowest BCUT2D eigenvalue weighted by molar-refractivity contribution is -0.113. The Morgan fingerprint density at radius 3 is 1.30 bits per heavy atom. The highest BCUT2D eigenvalue weighted by molar-refractivity contribution is 8.03. The van der Waals surface area contributed by atoms with Crippen molar-refractivity contribution in [2.75, 3.05) is 5.32 Å². The van der Waals surface area contributed by atoms with Gasteiger partial charge in [-0.1, -0.05) is 121 Å². The van der Waals surface area contributed by atoms with Crippen LogP contribution in [0.4, 0.5) is 5.69 Å². The summed E-state index contributed by atoms with van der Waals surface area (Å²) in [4.78, 5) is 28.8. The van der Waals surface area contributed by atoms with Crippen LogP contribution in [0.2, 0.25) is 0 Å². The molecule has 0 radical (unpaired) electrons. The van der Waals surface area contributed by atoms with E-state index >= 15 is 0 Å². The normalized spacial score (nSPS) is 11.4. The predicted molar refractivity (Wildman–Crippen MR) is 192 cm³/mol. The number of carbonyl (C=O) groups is 2. The van der Waals surface area contributed by atoms with Crippen molar-refractivity contribution >= 4 is 46.0 Å². The van der Waals surface area contributed by atoms with Crippen molar-refractivity contribution in [1.29, 1.82) is 0 Å². The molecule has 0 fully saturated rings. The molecule has 2 N–H and O–H groups in total. The molecule has 2 amide bonds. The molecule has 0 aliphatic rings. The lowest BCUT2D eigenvalue weighted by Gasteiger charge is -2.31. The van der Waals surface area contributed by atoms with Crippen LogP contribution < -0.4 is 39.0 Å². The van der Waals surface area contributed by atoms with Gasteiger partial charge in [-0.3, -0.25) is 9.59 Å². The van der Waals surface area contributed by atoms with Crippen molar-refractivity contribution < 1.29 is 22.0 Å². The summed E-state index contributed by atoms with van der Waals surface area (Å²) in [7, 11) is -2.85. The van der Waals surface area contributed by atoms with Crippen LogP contribution in [0, 0.1) is 6.92 Å². The van der Waals surface area contributed by atoms with Crippen LogP contribution in [0.3, 0.4) is 0 Å². The average molecular weight is 653 g/mol. The van der Waals surface area contributed by atoms with Crippen molar-refractivity contribution in [2.45, 2.75) is 6.92 Å². The number of anilines is 1. The van der Waals surface area contributed by atoms with Gasteiger partial charge in [0.25, 0.3) is 11.8 Å². The Balaban J connectivity index is 0.00000433. The summed E-state index contributed by atoms with van der Waals surface area (Å²) in [5, 5.41) is 10.2. The Bertz CT molecular complexity index is 1850. The zero-order valence-electron chi connectivity index (χ0n) is 25.9. The highest BCUT2D eigenvalue weighted by atomic mass is 35.5. The maximum Gasteiger partial charge on any atom is 0.276 e. The van der Waals surface area contributed by atoms with E-state index in [0.717, 1.165) is 32.4 Å². The van der Waals surface area contributed by atoms with Gasteiger partial charge in [-0.15, -0.1) is 0 Å². The molecule has 0 unspecified atom stereocenters. The molecule has 0 atom stereocenters. The zero-order chi connectivity index (χ0) is 31.8. The Hall–Kier alpha value is -5.28. The molecule has 47 heavy (non-hydrogen) atoms. The first-order valence-corrected chi connectivity index (χ1v) is 17.0. The van der Waals surface area contributed by atoms with Gasteiger partial charge in [-0.05, 0) is 67.6 Å². The summed E-state index contributed by atoms with van der Waals surface area (Å²) in [5.41, 5.74) is 3.22. The molecule has 0 aliphatic carbocycles. The Kier molecular flexibility index (Phi) is 10.8. The lowest BCUT2D eigenvalue weighted by Crippen LogP contribution is -3.00. The fourth-order valence-corrected chi connectivity index (χ4v) is 10.3. The number of carbonyl (C=O) groups excluding carboxylic acids is 2. The number of aryl methyl sites for hydroxylation is 1. The molecule has 4 nitrogen and oxygen atoms in total. The molecule has 0 spiro atoms. The molecule has 0 bridgehead atoms. The van der Waals surface area contributed by atoms with Gasteiger partial charge in [-0.2, -0.15) is 0 Å². The number of hydrogen-bond donors (Lipinski definition) is 2. The van der Waals surface area contributed by atoms with E-state index in [9.17, 15) is 9.59 Å². The first kappa shape index (κ1) is 33.1. The van der Waals surface area contributed by atoms with Crippen molar-refractivity contribution in [3.8, 4) is 0 Å². The summed E-state index contributed by atoms with van der Waals surface area (Å²) in [6.45, 7) is 2.00. The molecular weight excluding hydrogens is 619 g/mol. The van der Waals surface area contributed by atoms with E-state index in [4.69, 9.17) is 0 Å². The minimum Gasteiger partial charge on any atom is -1.00 e. The SMILES string of the molecule is Cc1ccc(NC(=O)/C(NC(=O)c2ccccc2)=C(\c2ccccc2)[P+](c2ccccc2)(c2ccccc2)c2ccccc2)cc1.[Cl-]. The van der Waals surface area contributed by atoms with Crippen molar-refractivity contribution in [2.24, 2.45) is 0 Å². The van der Waals surface area contributed by atoms with Crippen LogP contribution in [0.1, 0.15) is 21.5 Å². The third-order valence-corrected chi connectivity index (χ3v) is 12.2. The zero-order valence-corrected chi connectivity index (χ0v) is 27.5. The number of nitrogens with one attached hydrogen (secondary N) is 2. The Labute approximate surface area is 283 Å². The van der Waals surface area contributed by atoms with Crippen LogP contribution in [-0.4, -0.2) is 11.8 Å². The van der Waals surface area contributed by atoms with Gasteiger partial charge in [0, 0.05) is 16.8 Å². The van der Waals surface area contributed by atoms with E-state index in [1.165, 1.54) is 0 Å². The van der Waals surface area contributed by atoms with Crippen molar-refractivity contribution in [1.82, 2.24) is 5.32 Å². The molecule has 0 saturated heterocycles. The molecule has 6 aromatic carbocycles. The second-order valence-corrected chi connectivity index (χ2v) is 14.2. The monoisotopic (exact) mass is 652 g/mol. The standard InChI is InChI=1S/C41H33N2O2P.ClH/c1-31-27-29-34(30-28-31)42-41(45)38(43-40(44)33-19-9-3-10-20-33)39(32-17-7-2-8-18-32)46(35-21-11-4-12-22-35,36-23-13-5-14-24-36)37-25-15-6-16-26-37;/h2-30H,1H3,(H-,42,43,44,45);1H/b39-38-;. The quantitative estimate of drug-likeness (QED) is 0.175. The average Bonchev–Trinajstić information content (AvgIpc) is 3.12. The van der Waals surface area contributed by atoms with E-state index in [2.05, 4.69) is 47.0 Å². The fourth-order valence-electron chi connectivity index (χ4n) is 5.72. The van der Waals surface area contributed by atoms with Crippen molar-refractivity contribution in [3.63, 3.8) is 0 Å². The van der Waals surface area contributed by atoms with Crippen LogP contribution in [-0.2, 0) is 4.79 Å². The van der Waals surface area contributed by atoms with Crippen LogP contribution >= 0.6 is 7.26 Å². The van der Waals surface area contributed by atoms with Gasteiger partial charge in [-0.25, -0.2) is 0 Å². The molecule has 232 valence electrons. The van der Waals surface area contributed by atoms with E-state index in [1.54, 1.807) is 12.1 Å². The Morgan fingerprint density at radius 1 is 0.489 bits per heavy atom. The van der Waals surface area contributed by atoms with E-state index in [0.29, 0.717) is 11.3 Å². The van der Waals surface area contributed by atoms with Gasteiger partial charge in [0.15, 0.2) is 5.70 Å². The third kappa shape index (κ3) is 7.10. The van der Waals surface area contributed by atoms with Gasteiger partial charge in [0.2, 0.25) is 0 Å². The number of hydrogen-bond acceptors (Lipinski definition) is 2. The molecular formula is C41H34ClN2O2P. The summed E-state index contributed by atoms with van der Waals surface area (Å²) >= 11 is 0. The molecule has 6 rings (SSSR count). The maximum absolute atomic E-state index is 14.8. The van der Waals surface area contributed by atoms with E-state index < -0.39 is 13.2 Å². The van der Waals surface area contributed by atoms with Crippen molar-refractivity contribution in [3.05, 3.63) is 198 Å². The molecule has 0 saturated carbocycles. The van der Waals surface area contributed by atoms with E-state index in [-0.39, 0.29) is 24.0 Å². The maximum atomic E-state index is 14.8. The Morgan fingerprint density at radius 2 is 0.872 bits per heavy atom. The number of halogens is 1. The largest absolute Gasteiger partial charge is 1.00 e. The third-order valence-electron chi connectivity index (χ3n) is 7.86. The fraction of sp³-hybridized carbons (Fsp3) is 0.0244. The second kappa shape index (κ2) is 15.3. The molecule has 6 aromatic rings. The van der Waals surface area contributed by atoms with Gasteiger partial charge in [0.1, 0.15) is 28.5 Å². The topological polar surface area (TPSA) is 58.2 Å². The minimum absolute atomic E-state index is 0. The predicted octanol–water partition coefficient (Wildman–Crippen LogP) is 4.73. The molecule has 0 aliphatic heterocycles. The molecule has 0 heterocycles. The first-order chi connectivity index (χ1) is 22.6. The first-order valence-electron chi connectivity index (χ1n) is 15.2. The van der Waals surface area contributed by atoms with Gasteiger partial charge < -0.3 is 23.0 Å². The number of rotatable bonds is 9. The second-order valence-electron chi connectivity index (χ2n) is 10.9. The highest BCUT2D eigenvalue weighted by Gasteiger charge is 2.52. The minimum atomic E-state index is -2.85. The van der Waals surface area contributed by atoms with E-state index in [1.807, 2.05) is 134 Å². The van der Waals surface area contributed by atoms with Gasteiger partial charge >= 0.3 is 0 Å². The van der Waals surface area contributed by atoms with Crippen LogP contribution in [0.5, 0.6) is 0 Å². The summed E-state index contributed by atoms with van der Waals surface area (Å²) in [6.07, 6.45) is 0. The molecule has 0 aromatic heterocycles. The number of benzene rings is 6. The number of amides is 2. The lowest BCUT2D eigenvalue weighted by atomic mass is 10.1. The van der Waals surface area contributed by atoms with Crippen LogP contribution in [0.15, 0.2) is 182 Å². The van der Waals surface area contributed by atoms with Gasteiger partial charge in [0.05, 0.1) is 0 Å². The highest BCUT2D eigenvalue weighted by Crippen LogP contribution is 2.67. The summed E-state index contributed by atoms with van der Waals surface area (Å²) < 4.78 is 0. The molecule has 6 heteroatoms.